The Labute approximate surface area is 213 Å². The molecule has 0 radical (unpaired) electrons. The second-order valence-electron chi connectivity index (χ2n) is 7.55. The van der Waals surface area contributed by atoms with E-state index >= 15 is 0 Å². The van der Waals surface area contributed by atoms with E-state index in [2.05, 4.69) is 29.9 Å². The second-order valence-corrected chi connectivity index (χ2v) is 10.9. The first-order valence-corrected chi connectivity index (χ1v) is 12.8. The highest BCUT2D eigenvalue weighted by Crippen LogP contribution is 2.30. The van der Waals surface area contributed by atoms with Gasteiger partial charge in [-0.1, -0.05) is 0 Å². The summed E-state index contributed by atoms with van der Waals surface area (Å²) in [7, 11) is 0. The lowest BCUT2D eigenvalue weighted by Gasteiger charge is -1.95. The number of aromatic amines is 3. The average Bonchev–Trinajstić information content (AvgIpc) is 3.46. The summed E-state index contributed by atoms with van der Waals surface area (Å²) in [5.41, 5.74) is 16.7. The Kier molecular flexibility index (Phi) is 6.87. The number of nitrogens with one attached hydrogen (secondary N) is 3. The molecule has 0 saturated heterocycles. The number of rotatable bonds is 0. The number of thiophene rings is 3. The van der Waals surface area contributed by atoms with Crippen LogP contribution in [0.15, 0.2) is 31.9 Å². The van der Waals surface area contributed by atoms with Crippen LogP contribution < -0.4 is 34.3 Å². The zero-order chi connectivity index (χ0) is 26.1. The molecule has 0 amide bonds. The van der Waals surface area contributed by atoms with Crippen LogP contribution in [0.25, 0.3) is 30.6 Å². The molecule has 6 aromatic rings. The molecule has 0 aliphatic rings. The molecule has 0 aliphatic heterocycles. The predicted octanol–water partition coefficient (Wildman–Crippen LogP) is 2.63. The highest BCUT2D eigenvalue weighted by molar-refractivity contribution is 7.19. The molecule has 186 valence electrons. The van der Waals surface area contributed by atoms with Gasteiger partial charge in [0.2, 0.25) is 0 Å². The summed E-state index contributed by atoms with van der Waals surface area (Å²) < 4.78 is 0. The van der Waals surface area contributed by atoms with Gasteiger partial charge in [-0.05, 0) is 43.8 Å². The second kappa shape index (κ2) is 9.88. The van der Waals surface area contributed by atoms with Crippen molar-refractivity contribution in [2.45, 2.75) is 20.8 Å². The van der Waals surface area contributed by atoms with E-state index in [9.17, 15) is 14.4 Å². The molecular weight excluding hydrogens is 522 g/mol. The van der Waals surface area contributed by atoms with Crippen LogP contribution in [0.1, 0.15) is 15.3 Å². The van der Waals surface area contributed by atoms with Crippen molar-refractivity contribution < 1.29 is 0 Å². The monoisotopic (exact) mass is 543 g/mol. The minimum atomic E-state index is -0.391. The fourth-order valence-corrected chi connectivity index (χ4v) is 5.98. The van der Waals surface area contributed by atoms with Gasteiger partial charge in [-0.25, -0.2) is 14.4 Å². The molecular formula is C21H21N9O3S3. The van der Waals surface area contributed by atoms with Crippen LogP contribution in [0.2, 0.25) is 0 Å². The van der Waals surface area contributed by atoms with Gasteiger partial charge in [0.05, 0.1) is 16.2 Å². The molecule has 6 aromatic heterocycles. The van der Waals surface area contributed by atoms with Crippen LogP contribution in [0.4, 0.5) is 17.5 Å². The number of H-pyrrole nitrogens is 3. The summed E-state index contributed by atoms with van der Waals surface area (Å²) in [5, 5.41) is 4.37. The molecule has 0 atom stereocenters. The molecule has 6 rings (SSSR count). The topological polar surface area (TPSA) is 215 Å². The lowest BCUT2D eigenvalue weighted by Crippen LogP contribution is -2.11. The summed E-state index contributed by atoms with van der Waals surface area (Å²) in [6.07, 6.45) is 0. The molecule has 0 saturated carbocycles. The summed E-state index contributed by atoms with van der Waals surface area (Å²) in [4.78, 5) is 55.7. The molecule has 0 aliphatic carbocycles. The number of hydrogen-bond acceptors (Lipinski definition) is 12. The SMILES string of the molecule is Cc1cc2c(N)[nH]c(=O)nc2s1.Cc1sc2nc(=O)[nH]c(N)c2c1C.Nc1[nH]c(=O)nc2sccc12. The molecule has 0 spiro atoms. The number of nitrogens with two attached hydrogens (primary N) is 3. The van der Waals surface area contributed by atoms with Crippen molar-refractivity contribution in [3.8, 4) is 0 Å². The number of nitrogens with zero attached hydrogens (tertiary/aromatic N) is 3. The van der Waals surface area contributed by atoms with Crippen molar-refractivity contribution in [3.63, 3.8) is 0 Å². The van der Waals surface area contributed by atoms with Crippen LogP contribution in [0.3, 0.4) is 0 Å². The molecule has 9 N–H and O–H groups in total. The minimum Gasteiger partial charge on any atom is -0.385 e. The van der Waals surface area contributed by atoms with Gasteiger partial charge in [0.25, 0.3) is 0 Å². The highest BCUT2D eigenvalue weighted by Gasteiger charge is 2.10. The van der Waals surface area contributed by atoms with E-state index in [0.29, 0.717) is 27.1 Å². The van der Waals surface area contributed by atoms with Crippen LogP contribution in [0.5, 0.6) is 0 Å². The predicted molar refractivity (Wildman–Crippen MR) is 148 cm³/mol. The number of hydrogen-bond donors (Lipinski definition) is 6. The molecule has 0 fully saturated rings. The maximum Gasteiger partial charge on any atom is 0.347 e. The molecule has 0 aromatic carbocycles. The molecule has 12 nitrogen and oxygen atoms in total. The highest BCUT2D eigenvalue weighted by atomic mass is 32.1. The fourth-order valence-electron chi connectivity index (χ4n) is 3.28. The Balaban J connectivity index is 0.000000127. The Hall–Kier alpha value is -4.08. The van der Waals surface area contributed by atoms with Crippen LogP contribution >= 0.6 is 34.0 Å². The Morgan fingerprint density at radius 2 is 1.28 bits per heavy atom. The van der Waals surface area contributed by atoms with Gasteiger partial charge < -0.3 is 17.2 Å². The van der Waals surface area contributed by atoms with Crippen molar-refractivity contribution in [1.82, 2.24) is 29.9 Å². The number of aryl methyl sites for hydroxylation is 3. The van der Waals surface area contributed by atoms with E-state index < -0.39 is 5.69 Å². The Morgan fingerprint density at radius 3 is 1.94 bits per heavy atom. The summed E-state index contributed by atoms with van der Waals surface area (Å²) in [6, 6.07) is 3.75. The molecule has 0 bridgehead atoms. The van der Waals surface area contributed by atoms with Gasteiger partial charge in [-0.2, -0.15) is 15.0 Å². The maximum atomic E-state index is 11.0. The van der Waals surface area contributed by atoms with Crippen molar-refractivity contribution >= 4 is 82.1 Å². The number of aromatic nitrogens is 6. The van der Waals surface area contributed by atoms with Gasteiger partial charge in [0.15, 0.2) is 0 Å². The Bertz CT molecular complexity index is 1890. The minimum absolute atomic E-state index is 0.383. The standard InChI is InChI=1S/C8H9N3OS.C7H7N3OS.C6H5N3OS/c1-3-4(2)13-7-5(3)6(9)10-8(12)11-7;1-3-2-4-5(8)9-7(11)10-6(4)12-3;7-4-3-1-2-11-5(3)9-6(10)8-4/h1-2H3,(H3,9,10,11,12);2H,1H3,(H3,8,9,10,11);1-2H,(H3,7,8,9,10). The summed E-state index contributed by atoms with van der Waals surface area (Å²) in [5.74, 6) is 1.20. The number of anilines is 3. The van der Waals surface area contributed by atoms with Crippen molar-refractivity contribution in [3.05, 3.63) is 64.3 Å². The van der Waals surface area contributed by atoms with Crippen molar-refractivity contribution in [1.29, 1.82) is 0 Å². The number of fused-ring (bicyclic) bond motifs is 3. The first-order valence-electron chi connectivity index (χ1n) is 10.3. The summed E-state index contributed by atoms with van der Waals surface area (Å²) >= 11 is 4.37. The number of nitrogen functional groups attached to an aromatic ring is 3. The van der Waals surface area contributed by atoms with E-state index in [0.717, 1.165) is 36.3 Å². The van der Waals surface area contributed by atoms with Gasteiger partial charge in [0.1, 0.15) is 31.9 Å². The third-order valence-corrected chi connectivity index (χ3v) is 7.88. The average molecular weight is 544 g/mol. The fraction of sp³-hybridized carbons (Fsp3) is 0.143. The van der Waals surface area contributed by atoms with Gasteiger partial charge in [0, 0.05) is 9.75 Å². The molecule has 15 heteroatoms. The van der Waals surface area contributed by atoms with E-state index in [4.69, 9.17) is 17.2 Å². The molecule has 6 heterocycles. The van der Waals surface area contributed by atoms with E-state index in [-0.39, 0.29) is 11.4 Å². The summed E-state index contributed by atoms with van der Waals surface area (Å²) in [6.45, 7) is 5.92. The lowest BCUT2D eigenvalue weighted by molar-refractivity contribution is 1.13. The van der Waals surface area contributed by atoms with Crippen LogP contribution in [0, 0.1) is 20.8 Å². The largest absolute Gasteiger partial charge is 0.385 e. The maximum absolute atomic E-state index is 11.0. The smallest absolute Gasteiger partial charge is 0.347 e. The van der Waals surface area contributed by atoms with E-state index in [1.807, 2.05) is 38.3 Å². The van der Waals surface area contributed by atoms with Crippen molar-refractivity contribution in [2.75, 3.05) is 17.2 Å². The first kappa shape index (κ1) is 25.0. The third-order valence-electron chi connectivity index (χ3n) is 5.03. The van der Waals surface area contributed by atoms with Gasteiger partial charge in [-0.3, -0.25) is 15.0 Å². The Morgan fingerprint density at radius 1 is 0.722 bits per heavy atom. The van der Waals surface area contributed by atoms with Crippen LogP contribution in [-0.2, 0) is 0 Å². The van der Waals surface area contributed by atoms with Gasteiger partial charge in [-0.15, -0.1) is 34.0 Å². The zero-order valence-electron chi connectivity index (χ0n) is 19.3. The van der Waals surface area contributed by atoms with Gasteiger partial charge >= 0.3 is 17.1 Å². The molecule has 36 heavy (non-hydrogen) atoms. The van der Waals surface area contributed by atoms with Crippen LogP contribution in [-0.4, -0.2) is 29.9 Å². The quantitative estimate of drug-likeness (QED) is 0.166. The normalized spacial score (nSPS) is 10.8. The third kappa shape index (κ3) is 5.12. The van der Waals surface area contributed by atoms with E-state index in [1.54, 1.807) is 0 Å². The van der Waals surface area contributed by atoms with E-state index in [1.165, 1.54) is 34.0 Å². The molecule has 0 unspecified atom stereocenters. The van der Waals surface area contributed by atoms with Crippen molar-refractivity contribution in [2.24, 2.45) is 0 Å². The lowest BCUT2D eigenvalue weighted by atomic mass is 10.2. The zero-order valence-corrected chi connectivity index (χ0v) is 21.7. The first-order chi connectivity index (χ1) is 17.0.